The van der Waals surface area contributed by atoms with Gasteiger partial charge in [0.25, 0.3) is 0 Å². The van der Waals surface area contributed by atoms with E-state index in [0.29, 0.717) is 24.7 Å². The number of benzene rings is 1. The van der Waals surface area contributed by atoms with Crippen molar-refractivity contribution in [3.8, 4) is 0 Å². The molecule has 1 saturated carbocycles. The molecule has 1 fully saturated rings. The topological polar surface area (TPSA) is 98.7 Å². The van der Waals surface area contributed by atoms with Gasteiger partial charge in [0.05, 0.1) is 0 Å². The molecule has 0 aliphatic heterocycles. The summed E-state index contributed by atoms with van der Waals surface area (Å²) in [7, 11) is 0. The van der Waals surface area contributed by atoms with E-state index in [9.17, 15) is 4.79 Å². The van der Waals surface area contributed by atoms with Gasteiger partial charge in [0.1, 0.15) is 17.6 Å². The number of rotatable bonds is 6. The van der Waals surface area contributed by atoms with Crippen LogP contribution in [0.1, 0.15) is 36.9 Å². The van der Waals surface area contributed by atoms with Gasteiger partial charge >= 0.3 is 0 Å². The second-order valence-corrected chi connectivity index (χ2v) is 6.00. The van der Waals surface area contributed by atoms with Crippen LogP contribution in [0.15, 0.2) is 28.8 Å². The highest BCUT2D eigenvalue weighted by Crippen LogP contribution is 2.35. The number of carbonyl (C=O) groups excluding carboxylic acids is 1. The summed E-state index contributed by atoms with van der Waals surface area (Å²) in [6, 6.07) is 7.52. The van der Waals surface area contributed by atoms with Crippen molar-refractivity contribution in [3.05, 3.63) is 36.0 Å². The molecular weight excluding hydrogens is 308 g/mol. The van der Waals surface area contributed by atoms with Gasteiger partial charge < -0.3 is 9.84 Å². The van der Waals surface area contributed by atoms with Gasteiger partial charge in [-0.05, 0) is 25.0 Å². The van der Waals surface area contributed by atoms with Gasteiger partial charge in [-0.25, -0.2) is 0 Å². The Morgan fingerprint density at radius 2 is 2.00 bits per heavy atom. The highest BCUT2D eigenvalue weighted by Gasteiger charge is 2.25. The van der Waals surface area contributed by atoms with E-state index in [2.05, 4.69) is 25.7 Å². The largest absolute Gasteiger partial charge is 0.354 e. The minimum atomic E-state index is -0.141. The fraction of sp³-hybridized carbons (Fsp3) is 0.438. The molecule has 2 aromatic heterocycles. The molecule has 1 N–H and O–H groups in total. The van der Waals surface area contributed by atoms with Crippen LogP contribution in [0.3, 0.4) is 0 Å². The summed E-state index contributed by atoms with van der Waals surface area (Å²) in [4.78, 5) is 17.8. The van der Waals surface area contributed by atoms with E-state index in [0.717, 1.165) is 29.8 Å². The van der Waals surface area contributed by atoms with Crippen LogP contribution in [0.4, 0.5) is 0 Å². The van der Waals surface area contributed by atoms with E-state index in [4.69, 9.17) is 4.52 Å². The Balaban J connectivity index is 1.26. The Morgan fingerprint density at radius 1 is 1.25 bits per heavy atom. The molecule has 0 saturated heterocycles. The van der Waals surface area contributed by atoms with Crippen LogP contribution >= 0.6 is 0 Å². The van der Waals surface area contributed by atoms with Crippen molar-refractivity contribution in [2.75, 3.05) is 6.54 Å². The number of nitrogens with zero attached hydrogens (tertiary/aromatic N) is 5. The zero-order valence-electron chi connectivity index (χ0n) is 13.2. The molecule has 2 heterocycles. The Morgan fingerprint density at radius 3 is 2.67 bits per heavy atom. The van der Waals surface area contributed by atoms with E-state index in [1.165, 1.54) is 11.2 Å². The SMILES string of the molecule is O=C(Cn1nc2ccccc2n1)NCCc1noc(C2CCC2)n1. The van der Waals surface area contributed by atoms with Crippen LogP contribution in [0.2, 0.25) is 0 Å². The predicted molar refractivity (Wildman–Crippen MR) is 85.1 cm³/mol. The fourth-order valence-corrected chi connectivity index (χ4v) is 2.66. The molecule has 8 nitrogen and oxygen atoms in total. The van der Waals surface area contributed by atoms with Gasteiger partial charge in [0, 0.05) is 18.9 Å². The average Bonchev–Trinajstić information content (AvgIpc) is 3.12. The number of amides is 1. The van der Waals surface area contributed by atoms with Crippen LogP contribution in [-0.4, -0.2) is 37.6 Å². The normalized spacial score (nSPS) is 14.7. The molecule has 24 heavy (non-hydrogen) atoms. The third-order valence-corrected chi connectivity index (χ3v) is 4.22. The van der Waals surface area contributed by atoms with Crippen LogP contribution in [0.25, 0.3) is 11.0 Å². The van der Waals surface area contributed by atoms with Crippen LogP contribution in [0.5, 0.6) is 0 Å². The zero-order valence-corrected chi connectivity index (χ0v) is 13.2. The summed E-state index contributed by atoms with van der Waals surface area (Å²) in [6.07, 6.45) is 4.04. The summed E-state index contributed by atoms with van der Waals surface area (Å²) in [6.45, 7) is 0.553. The smallest absolute Gasteiger partial charge is 0.243 e. The molecule has 1 aliphatic rings. The lowest BCUT2D eigenvalue weighted by molar-refractivity contribution is -0.122. The number of fused-ring (bicyclic) bond motifs is 1. The molecule has 0 unspecified atom stereocenters. The third-order valence-electron chi connectivity index (χ3n) is 4.22. The first-order chi connectivity index (χ1) is 11.8. The monoisotopic (exact) mass is 326 g/mol. The van der Waals surface area contributed by atoms with E-state index in [1.54, 1.807) is 0 Å². The Hall–Kier alpha value is -2.77. The lowest BCUT2D eigenvalue weighted by atomic mass is 9.85. The maximum absolute atomic E-state index is 12.0. The van der Waals surface area contributed by atoms with Crippen LogP contribution in [-0.2, 0) is 17.8 Å². The molecule has 0 atom stereocenters. The first kappa shape index (κ1) is 14.8. The number of nitrogens with one attached hydrogen (secondary N) is 1. The minimum Gasteiger partial charge on any atom is -0.354 e. The molecule has 0 radical (unpaired) electrons. The molecule has 1 aromatic carbocycles. The predicted octanol–water partition coefficient (Wildman–Crippen LogP) is 1.44. The van der Waals surface area contributed by atoms with Crippen molar-refractivity contribution in [1.82, 2.24) is 30.5 Å². The molecular formula is C16H18N6O2. The number of carbonyl (C=O) groups is 1. The van der Waals surface area contributed by atoms with Crippen molar-refractivity contribution < 1.29 is 9.32 Å². The molecule has 3 aromatic rings. The second kappa shape index (κ2) is 6.38. The summed E-state index contributed by atoms with van der Waals surface area (Å²) >= 11 is 0. The average molecular weight is 326 g/mol. The summed E-state index contributed by atoms with van der Waals surface area (Å²) in [5, 5.41) is 15.3. The van der Waals surface area contributed by atoms with Crippen molar-refractivity contribution in [1.29, 1.82) is 0 Å². The van der Waals surface area contributed by atoms with Gasteiger partial charge in [-0.1, -0.05) is 23.7 Å². The lowest BCUT2D eigenvalue weighted by Gasteiger charge is -2.20. The highest BCUT2D eigenvalue weighted by atomic mass is 16.5. The zero-order chi connectivity index (χ0) is 16.4. The fourth-order valence-electron chi connectivity index (χ4n) is 2.66. The molecule has 0 spiro atoms. The molecule has 8 heteroatoms. The van der Waals surface area contributed by atoms with Crippen molar-refractivity contribution >= 4 is 16.9 Å². The van der Waals surface area contributed by atoms with E-state index < -0.39 is 0 Å². The molecule has 124 valence electrons. The van der Waals surface area contributed by atoms with Crippen molar-refractivity contribution in [2.45, 2.75) is 38.1 Å². The third kappa shape index (κ3) is 3.12. The number of aromatic nitrogens is 5. The first-order valence-corrected chi connectivity index (χ1v) is 8.17. The van der Waals surface area contributed by atoms with Crippen molar-refractivity contribution in [2.24, 2.45) is 0 Å². The lowest BCUT2D eigenvalue weighted by Crippen LogP contribution is -2.30. The first-order valence-electron chi connectivity index (χ1n) is 8.17. The quantitative estimate of drug-likeness (QED) is 0.736. The van der Waals surface area contributed by atoms with Crippen LogP contribution < -0.4 is 5.32 Å². The minimum absolute atomic E-state index is 0.0915. The van der Waals surface area contributed by atoms with E-state index >= 15 is 0 Å². The standard InChI is InChI=1S/C16H18N6O2/c23-15(10-22-19-12-6-1-2-7-13(12)20-22)17-9-8-14-18-16(24-21-14)11-4-3-5-11/h1-2,6-7,11H,3-5,8-10H2,(H,17,23). The summed E-state index contributed by atoms with van der Waals surface area (Å²) in [5.74, 6) is 1.66. The summed E-state index contributed by atoms with van der Waals surface area (Å²) < 4.78 is 5.26. The Labute approximate surface area is 138 Å². The van der Waals surface area contributed by atoms with Gasteiger partial charge in [-0.15, -0.1) is 0 Å². The van der Waals surface area contributed by atoms with E-state index in [1.807, 2.05) is 24.3 Å². The van der Waals surface area contributed by atoms with E-state index in [-0.39, 0.29) is 12.5 Å². The molecule has 1 aliphatic carbocycles. The number of hydrogen-bond donors (Lipinski definition) is 1. The Kier molecular flexibility index (Phi) is 3.94. The Bertz CT molecular complexity index is 818. The van der Waals surface area contributed by atoms with Gasteiger partial charge in [0.15, 0.2) is 5.82 Å². The van der Waals surface area contributed by atoms with Gasteiger partial charge in [-0.3, -0.25) is 4.79 Å². The maximum Gasteiger partial charge on any atom is 0.243 e. The molecule has 1 amide bonds. The summed E-state index contributed by atoms with van der Waals surface area (Å²) in [5.41, 5.74) is 1.56. The maximum atomic E-state index is 12.0. The number of hydrogen-bond acceptors (Lipinski definition) is 6. The molecule has 0 bridgehead atoms. The van der Waals surface area contributed by atoms with Gasteiger partial charge in [0.2, 0.25) is 11.8 Å². The second-order valence-electron chi connectivity index (χ2n) is 6.00. The van der Waals surface area contributed by atoms with Crippen molar-refractivity contribution in [3.63, 3.8) is 0 Å². The molecule has 4 rings (SSSR count). The highest BCUT2D eigenvalue weighted by molar-refractivity contribution is 5.77. The van der Waals surface area contributed by atoms with Crippen LogP contribution in [0, 0.1) is 0 Å². The van der Waals surface area contributed by atoms with Gasteiger partial charge in [-0.2, -0.15) is 20.0 Å².